The molecule has 0 spiro atoms. The maximum atomic E-state index is 14.3. The van der Waals surface area contributed by atoms with E-state index in [1.54, 1.807) is 43.3 Å². The Kier molecular flexibility index (Phi) is 6.09. The number of hydrogen-bond donors (Lipinski definition) is 1. The molecule has 0 aliphatic heterocycles. The van der Waals surface area contributed by atoms with Gasteiger partial charge in [-0.15, -0.1) is 0 Å². The summed E-state index contributed by atoms with van der Waals surface area (Å²) in [5.41, 5.74) is 1.30. The van der Waals surface area contributed by atoms with Crippen molar-refractivity contribution in [3.8, 4) is 11.8 Å². The summed E-state index contributed by atoms with van der Waals surface area (Å²) in [5.74, 6) is -0.583. The topological polar surface area (TPSA) is 71.3 Å². The van der Waals surface area contributed by atoms with Crippen molar-refractivity contribution in [2.24, 2.45) is 0 Å². The average Bonchev–Trinajstić information content (AvgIpc) is 2.64. The van der Waals surface area contributed by atoms with Crippen LogP contribution in [0.3, 0.4) is 0 Å². The van der Waals surface area contributed by atoms with E-state index in [-0.39, 0.29) is 0 Å². The first-order valence-electron chi connectivity index (χ1n) is 7.68. The van der Waals surface area contributed by atoms with Gasteiger partial charge in [0.05, 0.1) is 25.9 Å². The van der Waals surface area contributed by atoms with Gasteiger partial charge in [0.25, 0.3) is 0 Å². The van der Waals surface area contributed by atoms with Crippen molar-refractivity contribution < 1.29 is 18.7 Å². The van der Waals surface area contributed by atoms with Crippen molar-refractivity contribution in [1.82, 2.24) is 5.32 Å². The molecule has 0 saturated heterocycles. The van der Waals surface area contributed by atoms with Gasteiger partial charge in [0, 0.05) is 11.6 Å². The lowest BCUT2D eigenvalue weighted by Gasteiger charge is -2.24. The molecule has 2 rings (SSSR count). The molecule has 5 nitrogen and oxygen atoms in total. The molecule has 0 aliphatic carbocycles. The smallest absolute Gasteiger partial charge is 0.327 e. The van der Waals surface area contributed by atoms with Crippen molar-refractivity contribution in [3.05, 3.63) is 65.0 Å². The Balaban J connectivity index is 2.38. The Hall–Kier alpha value is -2.91. The third kappa shape index (κ3) is 4.14. The van der Waals surface area contributed by atoms with E-state index in [0.29, 0.717) is 22.4 Å². The standard InChI is InChI=1S/C19H19FN2O3/c1-12(17-15(20)8-5-9-16(17)24-2)22-18(19(23)25-3)14-7-4-6-13(10-14)11-21/h4-10,12,18,22H,1-3H3. The molecule has 130 valence electrons. The molecule has 2 aromatic carbocycles. The first-order chi connectivity index (χ1) is 12.0. The van der Waals surface area contributed by atoms with Crippen LogP contribution >= 0.6 is 0 Å². The lowest BCUT2D eigenvalue weighted by atomic mass is 10.0. The maximum Gasteiger partial charge on any atom is 0.327 e. The molecule has 0 radical (unpaired) electrons. The zero-order valence-electron chi connectivity index (χ0n) is 14.2. The fourth-order valence-electron chi connectivity index (χ4n) is 2.65. The first-order valence-corrected chi connectivity index (χ1v) is 7.68. The molecule has 0 aromatic heterocycles. The summed E-state index contributed by atoms with van der Waals surface area (Å²) in [6.07, 6.45) is 0. The monoisotopic (exact) mass is 342 g/mol. The van der Waals surface area contributed by atoms with Gasteiger partial charge in [0.15, 0.2) is 0 Å². The number of carbonyl (C=O) groups is 1. The number of nitriles is 1. The van der Waals surface area contributed by atoms with Gasteiger partial charge in [-0.3, -0.25) is 5.32 Å². The Morgan fingerprint density at radius 2 is 1.96 bits per heavy atom. The van der Waals surface area contributed by atoms with Crippen LogP contribution in [0.5, 0.6) is 5.75 Å². The van der Waals surface area contributed by atoms with E-state index in [9.17, 15) is 9.18 Å². The van der Waals surface area contributed by atoms with Crippen molar-refractivity contribution in [2.45, 2.75) is 19.0 Å². The molecule has 0 bridgehead atoms. The number of hydrogen-bond acceptors (Lipinski definition) is 5. The van der Waals surface area contributed by atoms with Gasteiger partial charge < -0.3 is 9.47 Å². The quantitative estimate of drug-likeness (QED) is 0.816. The summed E-state index contributed by atoms with van der Waals surface area (Å²) in [7, 11) is 2.73. The van der Waals surface area contributed by atoms with Crippen LogP contribution < -0.4 is 10.1 Å². The number of benzene rings is 2. The Labute approximate surface area is 146 Å². The summed E-state index contributed by atoms with van der Waals surface area (Å²) < 4.78 is 24.3. The highest BCUT2D eigenvalue weighted by molar-refractivity contribution is 5.77. The normalized spacial score (nSPS) is 12.8. The zero-order chi connectivity index (χ0) is 18.4. The summed E-state index contributed by atoms with van der Waals surface area (Å²) in [4.78, 5) is 12.2. The number of ether oxygens (including phenoxy) is 2. The van der Waals surface area contributed by atoms with Crippen LogP contribution in [-0.4, -0.2) is 20.2 Å². The molecule has 2 unspecified atom stereocenters. The van der Waals surface area contributed by atoms with Crippen molar-refractivity contribution in [3.63, 3.8) is 0 Å². The number of nitrogens with zero attached hydrogens (tertiary/aromatic N) is 1. The Morgan fingerprint density at radius 1 is 1.24 bits per heavy atom. The SMILES string of the molecule is COC(=O)C(NC(C)c1c(F)cccc1OC)c1cccc(C#N)c1. The predicted octanol–water partition coefficient (Wildman–Crippen LogP) is 3.27. The van der Waals surface area contributed by atoms with E-state index in [1.807, 2.05) is 6.07 Å². The minimum Gasteiger partial charge on any atom is -0.496 e. The van der Waals surface area contributed by atoms with E-state index in [2.05, 4.69) is 5.32 Å². The average molecular weight is 342 g/mol. The second-order valence-corrected chi connectivity index (χ2v) is 5.44. The molecule has 0 fully saturated rings. The Bertz CT molecular complexity index is 801. The van der Waals surface area contributed by atoms with Gasteiger partial charge in [0.2, 0.25) is 0 Å². The number of rotatable bonds is 6. The zero-order valence-corrected chi connectivity index (χ0v) is 14.2. The molecule has 2 atom stereocenters. The lowest BCUT2D eigenvalue weighted by molar-refractivity contribution is -0.143. The number of methoxy groups -OCH3 is 2. The van der Waals surface area contributed by atoms with E-state index in [1.165, 1.54) is 20.3 Å². The second-order valence-electron chi connectivity index (χ2n) is 5.44. The minimum atomic E-state index is -0.849. The summed E-state index contributed by atoms with van der Waals surface area (Å²) in [5, 5.41) is 12.1. The largest absolute Gasteiger partial charge is 0.496 e. The van der Waals surface area contributed by atoms with E-state index >= 15 is 0 Å². The van der Waals surface area contributed by atoms with Crippen LogP contribution in [0.15, 0.2) is 42.5 Å². The third-order valence-corrected chi connectivity index (χ3v) is 3.87. The van der Waals surface area contributed by atoms with Gasteiger partial charge in [0.1, 0.15) is 17.6 Å². The molecule has 25 heavy (non-hydrogen) atoms. The lowest BCUT2D eigenvalue weighted by Crippen LogP contribution is -2.32. The maximum absolute atomic E-state index is 14.3. The third-order valence-electron chi connectivity index (χ3n) is 3.87. The minimum absolute atomic E-state index is 0.315. The molecule has 0 heterocycles. The molecule has 0 aliphatic rings. The van der Waals surface area contributed by atoms with Crippen molar-refractivity contribution in [1.29, 1.82) is 5.26 Å². The number of halogens is 1. The van der Waals surface area contributed by atoms with E-state index in [0.717, 1.165) is 0 Å². The van der Waals surface area contributed by atoms with E-state index in [4.69, 9.17) is 14.7 Å². The van der Waals surface area contributed by atoms with Crippen LogP contribution in [0.4, 0.5) is 4.39 Å². The summed E-state index contributed by atoms with van der Waals surface area (Å²) in [6.45, 7) is 1.73. The van der Waals surface area contributed by atoms with Gasteiger partial charge >= 0.3 is 5.97 Å². The Morgan fingerprint density at radius 3 is 2.60 bits per heavy atom. The molecule has 0 amide bonds. The van der Waals surface area contributed by atoms with Gasteiger partial charge in [-0.1, -0.05) is 18.2 Å². The number of carbonyl (C=O) groups excluding carboxylic acids is 1. The van der Waals surface area contributed by atoms with Crippen molar-refractivity contribution in [2.75, 3.05) is 14.2 Å². The molecule has 1 N–H and O–H groups in total. The second kappa shape index (κ2) is 8.27. The summed E-state index contributed by atoms with van der Waals surface area (Å²) >= 11 is 0. The first kappa shape index (κ1) is 18.4. The molecule has 2 aromatic rings. The summed E-state index contributed by atoms with van der Waals surface area (Å²) in [6, 6.07) is 11.8. The molecular weight excluding hydrogens is 323 g/mol. The fraction of sp³-hybridized carbons (Fsp3) is 0.263. The predicted molar refractivity (Wildman–Crippen MR) is 90.4 cm³/mol. The van der Waals surface area contributed by atoms with Crippen LogP contribution in [-0.2, 0) is 9.53 Å². The highest BCUT2D eigenvalue weighted by Crippen LogP contribution is 2.30. The van der Waals surface area contributed by atoms with E-state index < -0.39 is 23.9 Å². The van der Waals surface area contributed by atoms with Gasteiger partial charge in [-0.05, 0) is 36.8 Å². The van der Waals surface area contributed by atoms with Crippen LogP contribution in [0.2, 0.25) is 0 Å². The molecule has 6 heteroatoms. The number of nitrogens with one attached hydrogen (secondary N) is 1. The van der Waals surface area contributed by atoms with Gasteiger partial charge in [-0.2, -0.15) is 5.26 Å². The molecule has 0 saturated carbocycles. The van der Waals surface area contributed by atoms with Gasteiger partial charge in [-0.25, -0.2) is 9.18 Å². The van der Waals surface area contributed by atoms with Crippen LogP contribution in [0.25, 0.3) is 0 Å². The number of esters is 1. The van der Waals surface area contributed by atoms with Crippen LogP contribution in [0, 0.1) is 17.1 Å². The highest BCUT2D eigenvalue weighted by Gasteiger charge is 2.26. The molecular formula is C19H19FN2O3. The van der Waals surface area contributed by atoms with Crippen LogP contribution in [0.1, 0.15) is 35.7 Å². The highest BCUT2D eigenvalue weighted by atomic mass is 19.1. The fourth-order valence-corrected chi connectivity index (χ4v) is 2.65. The van der Waals surface area contributed by atoms with Crippen molar-refractivity contribution >= 4 is 5.97 Å².